The van der Waals surface area contributed by atoms with Crippen LogP contribution in [0, 0.1) is 0 Å². The normalized spacial score (nSPS) is 16.6. The van der Waals surface area contributed by atoms with Gasteiger partial charge in [0, 0.05) is 33.1 Å². The maximum Gasteiger partial charge on any atom is 0.0548 e. The Balaban J connectivity index is 1.69. The molecule has 0 radical (unpaired) electrons. The molecular weight excluding hydrogens is 556 g/mol. The molecule has 0 N–H and O–H groups in total. The van der Waals surface area contributed by atoms with Gasteiger partial charge in [-0.25, -0.2) is 0 Å². The first-order chi connectivity index (χ1) is 22.8. The molecular formula is C44H44N2. The average Bonchev–Trinajstić information content (AvgIpc) is 3.57. The van der Waals surface area contributed by atoms with Crippen molar-refractivity contribution in [1.29, 1.82) is 0 Å². The number of allylic oxidation sites excluding steroid dienone is 15. The standard InChI is InChI=1S/C44H44N2/c1-4-7-8-9-10-12-18-27-35(23-5-2)45-38-31-22-21-30-37(38)43-40(45)32-33-41-44(43)42(34-25-16-15-17-26-34)39(24-6-3)46(41)36-28-19-13-11-14-20-29-36/h4-9,11-13,15-18,20-27,29-33,36H,10,14,19,28H2,1-3H3/b7-4-,9-8-,13-11?,18-12?,23-5-,24-6-,29-20?,35-27+. The summed E-state index contributed by atoms with van der Waals surface area (Å²) in [5, 5.41) is 3.90. The summed E-state index contributed by atoms with van der Waals surface area (Å²) in [6, 6.07) is 24.8. The lowest BCUT2D eigenvalue weighted by atomic mass is 9.98. The summed E-state index contributed by atoms with van der Waals surface area (Å²) < 4.78 is 5.04. The highest BCUT2D eigenvalue weighted by Gasteiger charge is 2.25. The zero-order valence-electron chi connectivity index (χ0n) is 27.3. The van der Waals surface area contributed by atoms with Gasteiger partial charge in [-0.3, -0.25) is 0 Å². The van der Waals surface area contributed by atoms with Crippen LogP contribution in [0.4, 0.5) is 0 Å². The molecule has 230 valence electrons. The minimum atomic E-state index is 0.271. The molecule has 0 saturated carbocycles. The summed E-state index contributed by atoms with van der Waals surface area (Å²) >= 11 is 0. The number of aromatic nitrogens is 2. The zero-order chi connectivity index (χ0) is 31.7. The van der Waals surface area contributed by atoms with Crippen molar-refractivity contribution in [2.24, 2.45) is 0 Å². The largest absolute Gasteiger partial charge is 0.333 e. The van der Waals surface area contributed by atoms with Crippen LogP contribution in [0.15, 0.2) is 152 Å². The maximum atomic E-state index is 2.60. The molecule has 0 spiro atoms. The van der Waals surface area contributed by atoms with E-state index in [1.807, 2.05) is 13.0 Å². The van der Waals surface area contributed by atoms with Crippen LogP contribution in [0.5, 0.6) is 0 Å². The molecule has 0 bridgehead atoms. The molecule has 0 aliphatic heterocycles. The first kappa shape index (κ1) is 30.9. The summed E-state index contributed by atoms with van der Waals surface area (Å²) in [5.74, 6) is 0. The lowest BCUT2D eigenvalue weighted by Gasteiger charge is -2.20. The first-order valence-corrected chi connectivity index (χ1v) is 16.7. The van der Waals surface area contributed by atoms with Crippen LogP contribution in [-0.4, -0.2) is 9.13 Å². The highest BCUT2D eigenvalue weighted by atomic mass is 15.0. The summed E-state index contributed by atoms with van der Waals surface area (Å²) in [6.45, 7) is 6.27. The SMILES string of the molecule is C/C=C\C=C/CC=C/C=C(\C=C/C)n1c2ccccc2c2c3c(-c4ccccc4)c(/C=C\C)n(C4C=CCC=CCC4)c3ccc21. The minimum absolute atomic E-state index is 0.271. The summed E-state index contributed by atoms with van der Waals surface area (Å²) in [6.07, 6.45) is 37.3. The van der Waals surface area contributed by atoms with Crippen LogP contribution in [0.3, 0.4) is 0 Å². The summed E-state index contributed by atoms with van der Waals surface area (Å²) in [7, 11) is 0. The third-order valence-corrected chi connectivity index (χ3v) is 8.70. The van der Waals surface area contributed by atoms with Crippen molar-refractivity contribution in [3.63, 3.8) is 0 Å². The van der Waals surface area contributed by atoms with Gasteiger partial charge in [-0.1, -0.05) is 121 Å². The molecule has 2 heteroatoms. The van der Waals surface area contributed by atoms with E-state index >= 15 is 0 Å². The first-order valence-electron chi connectivity index (χ1n) is 16.7. The van der Waals surface area contributed by atoms with Crippen LogP contribution in [0.25, 0.3) is 55.6 Å². The van der Waals surface area contributed by atoms with Gasteiger partial charge in [0.05, 0.1) is 22.6 Å². The predicted molar refractivity (Wildman–Crippen MR) is 203 cm³/mol. The highest BCUT2D eigenvalue weighted by Crippen LogP contribution is 2.46. The van der Waals surface area contributed by atoms with Crippen molar-refractivity contribution in [2.45, 2.75) is 52.5 Å². The van der Waals surface area contributed by atoms with Gasteiger partial charge in [-0.05, 0) is 88.4 Å². The van der Waals surface area contributed by atoms with Gasteiger partial charge in [-0.2, -0.15) is 0 Å². The van der Waals surface area contributed by atoms with E-state index in [1.54, 1.807) is 0 Å². The molecule has 1 aliphatic carbocycles. The van der Waals surface area contributed by atoms with Crippen molar-refractivity contribution >= 4 is 44.5 Å². The van der Waals surface area contributed by atoms with Crippen LogP contribution in [0.2, 0.25) is 0 Å². The molecule has 1 aliphatic rings. The van der Waals surface area contributed by atoms with Gasteiger partial charge in [0.15, 0.2) is 0 Å². The van der Waals surface area contributed by atoms with E-state index in [0.717, 1.165) is 31.4 Å². The van der Waals surface area contributed by atoms with E-state index in [4.69, 9.17) is 0 Å². The minimum Gasteiger partial charge on any atom is -0.333 e. The molecule has 2 aromatic heterocycles. The zero-order valence-corrected chi connectivity index (χ0v) is 27.3. The van der Waals surface area contributed by atoms with Crippen molar-refractivity contribution < 1.29 is 0 Å². The number of hydrogen-bond acceptors (Lipinski definition) is 0. The van der Waals surface area contributed by atoms with Gasteiger partial charge in [-0.15, -0.1) is 0 Å². The second kappa shape index (κ2) is 14.8. The van der Waals surface area contributed by atoms with Crippen molar-refractivity contribution in [3.8, 4) is 11.1 Å². The highest BCUT2D eigenvalue weighted by molar-refractivity contribution is 6.26. The molecule has 3 aromatic carbocycles. The second-order valence-electron chi connectivity index (χ2n) is 11.7. The molecule has 1 atom stereocenters. The molecule has 5 aromatic rings. The van der Waals surface area contributed by atoms with E-state index in [-0.39, 0.29) is 6.04 Å². The van der Waals surface area contributed by atoms with Gasteiger partial charge < -0.3 is 9.13 Å². The Labute approximate surface area is 274 Å². The van der Waals surface area contributed by atoms with Gasteiger partial charge >= 0.3 is 0 Å². The Morgan fingerprint density at radius 2 is 1.54 bits per heavy atom. The predicted octanol–water partition coefficient (Wildman–Crippen LogP) is 12.8. The Morgan fingerprint density at radius 3 is 2.37 bits per heavy atom. The lowest BCUT2D eigenvalue weighted by Crippen LogP contribution is -2.09. The van der Waals surface area contributed by atoms with Gasteiger partial charge in [0.2, 0.25) is 0 Å². The van der Waals surface area contributed by atoms with Crippen molar-refractivity contribution in [1.82, 2.24) is 9.13 Å². The number of nitrogens with zero attached hydrogens (tertiary/aromatic N) is 2. The molecule has 6 rings (SSSR count). The van der Waals surface area contributed by atoms with Gasteiger partial charge in [0.1, 0.15) is 0 Å². The third-order valence-electron chi connectivity index (χ3n) is 8.70. The molecule has 0 saturated heterocycles. The summed E-state index contributed by atoms with van der Waals surface area (Å²) in [5.41, 5.74) is 8.68. The molecule has 2 nitrogen and oxygen atoms in total. The summed E-state index contributed by atoms with van der Waals surface area (Å²) in [4.78, 5) is 0. The molecule has 2 heterocycles. The Hall–Kier alpha value is -5.08. The van der Waals surface area contributed by atoms with Crippen LogP contribution in [0.1, 0.15) is 58.2 Å². The number of para-hydroxylation sites is 1. The van der Waals surface area contributed by atoms with Gasteiger partial charge in [0.25, 0.3) is 0 Å². The Kier molecular flexibility index (Phi) is 9.95. The van der Waals surface area contributed by atoms with E-state index in [9.17, 15) is 0 Å². The van der Waals surface area contributed by atoms with Crippen LogP contribution >= 0.6 is 0 Å². The number of benzene rings is 3. The van der Waals surface area contributed by atoms with Crippen molar-refractivity contribution in [3.05, 3.63) is 157 Å². The van der Waals surface area contributed by atoms with Crippen molar-refractivity contribution in [2.75, 3.05) is 0 Å². The maximum absolute atomic E-state index is 2.60. The Morgan fingerprint density at radius 1 is 0.739 bits per heavy atom. The molecule has 46 heavy (non-hydrogen) atoms. The fraction of sp³-hybridized carbons (Fsp3) is 0.182. The molecule has 0 amide bonds. The fourth-order valence-corrected chi connectivity index (χ4v) is 6.81. The van der Waals surface area contributed by atoms with E-state index in [1.165, 1.54) is 49.5 Å². The third kappa shape index (κ3) is 6.08. The number of rotatable bonds is 9. The van der Waals surface area contributed by atoms with E-state index in [2.05, 4.69) is 175 Å². The van der Waals surface area contributed by atoms with E-state index < -0.39 is 0 Å². The number of fused-ring (bicyclic) bond motifs is 5. The number of hydrogen-bond donors (Lipinski definition) is 0. The molecule has 1 unspecified atom stereocenters. The quantitative estimate of drug-likeness (QED) is 0.118. The van der Waals surface area contributed by atoms with E-state index in [0.29, 0.717) is 0 Å². The average molecular weight is 601 g/mol. The van der Waals surface area contributed by atoms with Crippen LogP contribution < -0.4 is 0 Å². The second-order valence-corrected chi connectivity index (χ2v) is 11.7. The monoisotopic (exact) mass is 600 g/mol. The molecule has 0 fully saturated rings. The smallest absolute Gasteiger partial charge is 0.0548 e. The van der Waals surface area contributed by atoms with Crippen LogP contribution in [-0.2, 0) is 0 Å². The fourth-order valence-electron chi connectivity index (χ4n) is 6.81. The lowest BCUT2D eigenvalue weighted by molar-refractivity contribution is 0.574. The Bertz CT molecular complexity index is 2060. The topological polar surface area (TPSA) is 9.86 Å².